The van der Waals surface area contributed by atoms with Gasteiger partial charge in [-0.2, -0.15) is 0 Å². The summed E-state index contributed by atoms with van der Waals surface area (Å²) in [6.07, 6.45) is 1.81. The van der Waals surface area contributed by atoms with Crippen molar-refractivity contribution in [2.45, 2.75) is 26.4 Å². The van der Waals surface area contributed by atoms with Gasteiger partial charge in [0.25, 0.3) is 0 Å². The quantitative estimate of drug-likeness (QED) is 0.792. The molecule has 0 unspecified atom stereocenters. The van der Waals surface area contributed by atoms with E-state index in [-0.39, 0.29) is 0 Å². The lowest BCUT2D eigenvalue weighted by Gasteiger charge is -2.29. The minimum absolute atomic E-state index is 0.476. The van der Waals surface area contributed by atoms with Gasteiger partial charge in [0, 0.05) is 35.9 Å². The molecule has 0 atom stereocenters. The van der Waals surface area contributed by atoms with Gasteiger partial charge in [-0.15, -0.1) is 0 Å². The molecule has 0 bridgehead atoms. The molecule has 1 aromatic carbocycles. The van der Waals surface area contributed by atoms with Gasteiger partial charge in [0.05, 0.1) is 18.7 Å². The third-order valence-electron chi connectivity index (χ3n) is 3.91. The Kier molecular flexibility index (Phi) is 4.32. The van der Waals surface area contributed by atoms with Crippen LogP contribution in [0, 0.1) is 0 Å². The van der Waals surface area contributed by atoms with E-state index in [0.717, 1.165) is 30.4 Å². The molecule has 1 fully saturated rings. The van der Waals surface area contributed by atoms with Crippen LogP contribution < -0.4 is 4.90 Å². The van der Waals surface area contributed by atoms with Crippen molar-refractivity contribution in [3.63, 3.8) is 0 Å². The monoisotopic (exact) mass is 330 g/mol. The number of rotatable bonds is 2. The number of nitrogens with zero attached hydrogens (tertiary/aromatic N) is 2. The predicted molar refractivity (Wildman–Crippen MR) is 92.0 cm³/mol. The highest BCUT2D eigenvalue weighted by molar-refractivity contribution is 6.02. The minimum atomic E-state index is -0.600. The fraction of sp³-hybridized carbons (Fsp3) is 0.444. The molecule has 6 nitrogen and oxygen atoms in total. The highest BCUT2D eigenvalue weighted by atomic mass is 16.6. The average molecular weight is 330 g/mol. The summed E-state index contributed by atoms with van der Waals surface area (Å²) in [5.41, 5.74) is 1.56. The van der Waals surface area contributed by atoms with Crippen LogP contribution in [-0.2, 0) is 9.47 Å². The lowest BCUT2D eigenvalue weighted by Crippen LogP contribution is -2.36. The Morgan fingerprint density at radius 1 is 1.25 bits per heavy atom. The molecule has 1 aliphatic heterocycles. The summed E-state index contributed by atoms with van der Waals surface area (Å²) >= 11 is 0. The summed E-state index contributed by atoms with van der Waals surface area (Å²) in [6.45, 7) is 8.43. The largest absolute Gasteiger partial charge is 0.443 e. The van der Waals surface area contributed by atoms with E-state index in [1.165, 1.54) is 10.8 Å². The third kappa shape index (κ3) is 3.28. The Morgan fingerprint density at radius 3 is 2.58 bits per heavy atom. The first-order valence-electron chi connectivity index (χ1n) is 8.05. The summed E-state index contributed by atoms with van der Waals surface area (Å²) in [7, 11) is 0. The average Bonchev–Trinajstić information content (AvgIpc) is 2.92. The van der Waals surface area contributed by atoms with Crippen LogP contribution in [0.15, 0.2) is 24.4 Å². The molecular weight excluding hydrogens is 308 g/mol. The maximum atomic E-state index is 12.5. The molecule has 0 aliphatic carbocycles. The van der Waals surface area contributed by atoms with Crippen molar-refractivity contribution >= 4 is 29.0 Å². The molecule has 1 aliphatic rings. The number of ether oxygens (including phenoxy) is 2. The minimum Gasteiger partial charge on any atom is -0.443 e. The second kappa shape index (κ2) is 6.28. The van der Waals surface area contributed by atoms with Crippen LogP contribution in [-0.4, -0.2) is 48.9 Å². The normalized spacial score (nSPS) is 15.5. The van der Waals surface area contributed by atoms with Crippen molar-refractivity contribution in [2.24, 2.45) is 0 Å². The van der Waals surface area contributed by atoms with Crippen LogP contribution in [0.4, 0.5) is 10.5 Å². The van der Waals surface area contributed by atoms with Gasteiger partial charge < -0.3 is 14.4 Å². The Morgan fingerprint density at radius 2 is 1.96 bits per heavy atom. The summed E-state index contributed by atoms with van der Waals surface area (Å²) < 4.78 is 12.2. The lowest BCUT2D eigenvalue weighted by atomic mass is 10.1. The van der Waals surface area contributed by atoms with E-state index in [9.17, 15) is 9.59 Å². The molecule has 3 rings (SSSR count). The maximum absolute atomic E-state index is 12.5. The smallest absolute Gasteiger partial charge is 0.419 e. The van der Waals surface area contributed by atoms with Gasteiger partial charge in [0.2, 0.25) is 0 Å². The van der Waals surface area contributed by atoms with E-state index in [1.54, 1.807) is 0 Å². The van der Waals surface area contributed by atoms with Crippen LogP contribution in [0.1, 0.15) is 31.1 Å². The zero-order valence-electron chi connectivity index (χ0n) is 14.2. The zero-order chi connectivity index (χ0) is 17.3. The number of aromatic nitrogens is 1. The van der Waals surface area contributed by atoms with Crippen LogP contribution in [0.3, 0.4) is 0 Å². The third-order valence-corrected chi connectivity index (χ3v) is 3.91. The van der Waals surface area contributed by atoms with Gasteiger partial charge >= 0.3 is 6.09 Å². The fourth-order valence-electron chi connectivity index (χ4n) is 2.82. The van der Waals surface area contributed by atoms with E-state index in [2.05, 4.69) is 4.90 Å². The number of carbonyl (C=O) groups is 2. The van der Waals surface area contributed by atoms with Crippen LogP contribution in [0.5, 0.6) is 0 Å². The van der Waals surface area contributed by atoms with Crippen LogP contribution in [0.25, 0.3) is 10.9 Å². The number of benzene rings is 1. The molecular formula is C18H22N2O4. The van der Waals surface area contributed by atoms with Crippen molar-refractivity contribution in [1.82, 2.24) is 4.57 Å². The van der Waals surface area contributed by atoms with Crippen LogP contribution in [0.2, 0.25) is 0 Å². The van der Waals surface area contributed by atoms with Crippen molar-refractivity contribution in [3.05, 3.63) is 30.0 Å². The Balaban J connectivity index is 2.04. The van der Waals surface area contributed by atoms with Gasteiger partial charge in [0.15, 0.2) is 6.29 Å². The molecule has 128 valence electrons. The Bertz CT molecular complexity index is 767. The van der Waals surface area contributed by atoms with E-state index >= 15 is 0 Å². The molecule has 0 saturated carbocycles. The number of carbonyl (C=O) groups excluding carboxylic acids is 2. The summed E-state index contributed by atoms with van der Waals surface area (Å²) in [4.78, 5) is 26.0. The number of fused-ring (bicyclic) bond motifs is 1. The van der Waals surface area contributed by atoms with Crippen molar-refractivity contribution in [1.29, 1.82) is 0 Å². The molecule has 2 aromatic rings. The summed E-state index contributed by atoms with van der Waals surface area (Å²) in [5.74, 6) is 0. The standard InChI is InChI=1S/C18H22N2O4/c1-18(2,3)24-17(22)20-11-13(12-21)15-5-4-14(10-16(15)20)19-6-8-23-9-7-19/h4-5,10-12H,6-9H2,1-3H3. The van der Waals surface area contributed by atoms with E-state index in [0.29, 0.717) is 24.3 Å². The first kappa shape index (κ1) is 16.5. The lowest BCUT2D eigenvalue weighted by molar-refractivity contribution is 0.0544. The second-order valence-corrected chi connectivity index (χ2v) is 6.85. The zero-order valence-corrected chi connectivity index (χ0v) is 14.2. The Hall–Kier alpha value is -2.34. The molecule has 0 radical (unpaired) electrons. The highest BCUT2D eigenvalue weighted by Gasteiger charge is 2.21. The maximum Gasteiger partial charge on any atom is 0.419 e. The molecule has 2 heterocycles. The van der Waals surface area contributed by atoms with E-state index in [4.69, 9.17) is 9.47 Å². The summed E-state index contributed by atoms with van der Waals surface area (Å²) in [6, 6.07) is 5.78. The SMILES string of the molecule is CC(C)(C)OC(=O)n1cc(C=O)c2ccc(N3CCOCC3)cc21. The van der Waals surface area contributed by atoms with Gasteiger partial charge in [-0.3, -0.25) is 9.36 Å². The van der Waals surface area contributed by atoms with Gasteiger partial charge in [-0.1, -0.05) is 6.07 Å². The number of aldehydes is 1. The highest BCUT2D eigenvalue weighted by Crippen LogP contribution is 2.27. The van der Waals surface area contributed by atoms with Gasteiger partial charge in [-0.25, -0.2) is 4.79 Å². The number of morpholine rings is 1. The topological polar surface area (TPSA) is 60.8 Å². The van der Waals surface area contributed by atoms with Crippen molar-refractivity contribution < 1.29 is 19.1 Å². The first-order valence-corrected chi connectivity index (χ1v) is 8.05. The second-order valence-electron chi connectivity index (χ2n) is 6.85. The molecule has 1 saturated heterocycles. The molecule has 1 aromatic heterocycles. The predicted octanol–water partition coefficient (Wildman–Crippen LogP) is 3.07. The van der Waals surface area contributed by atoms with Gasteiger partial charge in [-0.05, 0) is 32.9 Å². The molecule has 24 heavy (non-hydrogen) atoms. The molecule has 0 N–H and O–H groups in total. The van der Waals surface area contributed by atoms with E-state index < -0.39 is 11.7 Å². The molecule has 0 amide bonds. The van der Waals surface area contributed by atoms with Crippen molar-refractivity contribution in [2.75, 3.05) is 31.2 Å². The number of hydrogen-bond acceptors (Lipinski definition) is 5. The van der Waals surface area contributed by atoms with Crippen molar-refractivity contribution in [3.8, 4) is 0 Å². The summed E-state index contributed by atoms with van der Waals surface area (Å²) in [5, 5.41) is 0.743. The van der Waals surface area contributed by atoms with Crippen LogP contribution >= 0.6 is 0 Å². The number of anilines is 1. The first-order chi connectivity index (χ1) is 11.4. The number of hydrogen-bond donors (Lipinski definition) is 0. The Labute approximate surface area is 140 Å². The fourth-order valence-corrected chi connectivity index (χ4v) is 2.82. The molecule has 6 heteroatoms. The molecule has 0 spiro atoms. The van der Waals surface area contributed by atoms with E-state index in [1.807, 2.05) is 39.0 Å². The van der Waals surface area contributed by atoms with Gasteiger partial charge in [0.1, 0.15) is 5.60 Å².